The fourth-order valence-electron chi connectivity index (χ4n) is 1.70. The van der Waals surface area contributed by atoms with Crippen LogP contribution in [0.15, 0.2) is 52.3 Å². The van der Waals surface area contributed by atoms with Crippen LogP contribution in [-0.2, 0) is 0 Å². The summed E-state index contributed by atoms with van der Waals surface area (Å²) in [6, 6.07) is 15.4. The average Bonchev–Trinajstić information content (AvgIpc) is 2.41. The maximum Gasteiger partial charge on any atom is 0.160 e. The molecule has 3 heteroatoms. The second-order valence-corrected chi connectivity index (χ2v) is 5.41. The van der Waals surface area contributed by atoms with Crippen LogP contribution in [0.1, 0.15) is 28.4 Å². The highest BCUT2D eigenvalue weighted by molar-refractivity contribution is 7.99. The average molecular weight is 267 g/mol. The van der Waals surface area contributed by atoms with Crippen molar-refractivity contribution in [1.29, 1.82) is 5.26 Å². The van der Waals surface area contributed by atoms with Crippen LogP contribution >= 0.6 is 11.8 Å². The summed E-state index contributed by atoms with van der Waals surface area (Å²) >= 11 is 1.51. The van der Waals surface area contributed by atoms with E-state index in [1.54, 1.807) is 25.1 Å². The molecule has 0 aliphatic rings. The quantitative estimate of drug-likeness (QED) is 0.782. The maximum absolute atomic E-state index is 11.6. The Bertz CT molecular complexity index is 653. The summed E-state index contributed by atoms with van der Waals surface area (Å²) in [7, 11) is 0. The number of ketones is 1. The fourth-order valence-corrected chi connectivity index (χ4v) is 2.73. The van der Waals surface area contributed by atoms with Crippen LogP contribution in [0.25, 0.3) is 0 Å². The molecule has 0 unspecified atom stereocenters. The van der Waals surface area contributed by atoms with Crippen molar-refractivity contribution in [1.82, 2.24) is 0 Å². The molecule has 0 aromatic heterocycles. The van der Waals surface area contributed by atoms with E-state index in [0.717, 1.165) is 9.79 Å². The van der Waals surface area contributed by atoms with E-state index in [1.165, 1.54) is 17.3 Å². The first-order valence-corrected chi connectivity index (χ1v) is 6.71. The zero-order chi connectivity index (χ0) is 13.8. The third kappa shape index (κ3) is 3.24. The van der Waals surface area contributed by atoms with E-state index in [4.69, 9.17) is 5.26 Å². The highest BCUT2D eigenvalue weighted by atomic mass is 32.2. The van der Waals surface area contributed by atoms with E-state index >= 15 is 0 Å². The van der Waals surface area contributed by atoms with Gasteiger partial charge in [0.1, 0.15) is 0 Å². The smallest absolute Gasteiger partial charge is 0.160 e. The second-order valence-electron chi connectivity index (χ2n) is 4.29. The fraction of sp³-hybridized carbons (Fsp3) is 0.125. The van der Waals surface area contributed by atoms with Crippen molar-refractivity contribution in [3.05, 3.63) is 59.2 Å². The number of carbonyl (C=O) groups is 1. The predicted molar refractivity (Wildman–Crippen MR) is 76.5 cm³/mol. The molecule has 0 atom stereocenters. The molecule has 2 aromatic carbocycles. The van der Waals surface area contributed by atoms with Gasteiger partial charge >= 0.3 is 0 Å². The van der Waals surface area contributed by atoms with Crippen molar-refractivity contribution in [3.63, 3.8) is 0 Å². The number of carbonyl (C=O) groups excluding carboxylic acids is 1. The van der Waals surface area contributed by atoms with Gasteiger partial charge in [-0.05, 0) is 44.2 Å². The zero-order valence-electron chi connectivity index (χ0n) is 10.8. The van der Waals surface area contributed by atoms with Crippen molar-refractivity contribution in [3.8, 4) is 6.07 Å². The normalized spacial score (nSPS) is 9.95. The summed E-state index contributed by atoms with van der Waals surface area (Å²) in [5.74, 6) is 0.0131. The number of benzene rings is 2. The third-order valence-electron chi connectivity index (χ3n) is 2.74. The van der Waals surface area contributed by atoms with Gasteiger partial charge in [-0.15, -0.1) is 0 Å². The van der Waals surface area contributed by atoms with E-state index in [1.807, 2.05) is 31.2 Å². The molecule has 19 heavy (non-hydrogen) atoms. The number of hydrogen-bond acceptors (Lipinski definition) is 3. The van der Waals surface area contributed by atoms with Crippen LogP contribution < -0.4 is 0 Å². The molecular formula is C16H13NOS. The molecule has 2 rings (SSSR count). The number of Topliss-reactive ketones (excluding diaryl/α,β-unsaturated/α-hetero) is 1. The molecule has 0 spiro atoms. The Balaban J connectivity index is 2.40. The van der Waals surface area contributed by atoms with E-state index in [2.05, 4.69) is 6.07 Å². The third-order valence-corrected chi connectivity index (χ3v) is 3.80. The van der Waals surface area contributed by atoms with Crippen molar-refractivity contribution in [2.75, 3.05) is 0 Å². The highest BCUT2D eigenvalue weighted by Crippen LogP contribution is 2.31. The first-order chi connectivity index (χ1) is 9.10. The van der Waals surface area contributed by atoms with Crippen LogP contribution in [0.5, 0.6) is 0 Å². The largest absolute Gasteiger partial charge is 0.294 e. The van der Waals surface area contributed by atoms with Gasteiger partial charge < -0.3 is 0 Å². The van der Waals surface area contributed by atoms with E-state index in [0.29, 0.717) is 11.1 Å². The molecule has 94 valence electrons. The lowest BCUT2D eigenvalue weighted by molar-refractivity contribution is 0.101. The van der Waals surface area contributed by atoms with Crippen molar-refractivity contribution in [2.45, 2.75) is 23.6 Å². The van der Waals surface area contributed by atoms with Crippen LogP contribution in [0.2, 0.25) is 0 Å². The number of aryl methyl sites for hydroxylation is 1. The molecule has 2 aromatic rings. The first kappa shape index (κ1) is 13.4. The standard InChI is InChI=1S/C16H13NOS/c1-11-3-6-14(7-4-11)19-16-9-13(10-17)5-8-15(16)12(2)18/h3-9H,1-2H3. The molecule has 0 saturated carbocycles. The molecule has 0 radical (unpaired) electrons. The monoisotopic (exact) mass is 267 g/mol. The summed E-state index contributed by atoms with van der Waals surface area (Å²) in [5, 5.41) is 8.95. The Morgan fingerprint density at radius 3 is 2.42 bits per heavy atom. The van der Waals surface area contributed by atoms with Gasteiger partial charge in [-0.3, -0.25) is 4.79 Å². The molecule has 2 nitrogen and oxygen atoms in total. The van der Waals surface area contributed by atoms with Gasteiger partial charge in [0.25, 0.3) is 0 Å². The molecule has 0 saturated heterocycles. The number of rotatable bonds is 3. The Morgan fingerprint density at radius 2 is 1.84 bits per heavy atom. The summed E-state index contributed by atoms with van der Waals surface area (Å²) in [5.41, 5.74) is 2.42. The Hall–Kier alpha value is -2.05. The molecule has 0 N–H and O–H groups in total. The zero-order valence-corrected chi connectivity index (χ0v) is 11.6. The van der Waals surface area contributed by atoms with Gasteiger partial charge in [0, 0.05) is 15.4 Å². The lowest BCUT2D eigenvalue weighted by Crippen LogP contribution is -1.95. The van der Waals surface area contributed by atoms with Crippen molar-refractivity contribution >= 4 is 17.5 Å². The lowest BCUT2D eigenvalue weighted by atomic mass is 10.1. The Morgan fingerprint density at radius 1 is 1.16 bits per heavy atom. The topological polar surface area (TPSA) is 40.9 Å². The van der Waals surface area contributed by atoms with Crippen LogP contribution in [0.4, 0.5) is 0 Å². The van der Waals surface area contributed by atoms with E-state index in [-0.39, 0.29) is 5.78 Å². The summed E-state index contributed by atoms with van der Waals surface area (Å²) in [6.45, 7) is 3.58. The van der Waals surface area contributed by atoms with Gasteiger partial charge in [-0.1, -0.05) is 29.5 Å². The molecule has 0 amide bonds. The lowest BCUT2D eigenvalue weighted by Gasteiger charge is -2.07. The van der Waals surface area contributed by atoms with Crippen molar-refractivity contribution < 1.29 is 4.79 Å². The van der Waals surface area contributed by atoms with E-state index < -0.39 is 0 Å². The maximum atomic E-state index is 11.6. The highest BCUT2D eigenvalue weighted by Gasteiger charge is 2.09. The summed E-state index contributed by atoms with van der Waals surface area (Å²) in [4.78, 5) is 13.5. The van der Waals surface area contributed by atoms with Crippen LogP contribution in [0, 0.1) is 18.3 Å². The van der Waals surface area contributed by atoms with Gasteiger partial charge in [0.05, 0.1) is 11.6 Å². The minimum Gasteiger partial charge on any atom is -0.294 e. The van der Waals surface area contributed by atoms with Gasteiger partial charge in [-0.25, -0.2) is 0 Å². The Labute approximate surface area is 117 Å². The van der Waals surface area contributed by atoms with Crippen LogP contribution in [-0.4, -0.2) is 5.78 Å². The number of nitrogens with zero attached hydrogens (tertiary/aromatic N) is 1. The molecular weight excluding hydrogens is 254 g/mol. The Kier molecular flexibility index (Phi) is 4.03. The molecule has 0 aliphatic heterocycles. The molecule has 0 heterocycles. The van der Waals surface area contributed by atoms with Crippen LogP contribution in [0.3, 0.4) is 0 Å². The van der Waals surface area contributed by atoms with Gasteiger partial charge in [-0.2, -0.15) is 5.26 Å². The SMILES string of the molecule is CC(=O)c1ccc(C#N)cc1Sc1ccc(C)cc1. The summed E-state index contributed by atoms with van der Waals surface area (Å²) in [6.07, 6.45) is 0. The minimum absolute atomic E-state index is 0.0131. The van der Waals surface area contributed by atoms with Crippen molar-refractivity contribution in [2.24, 2.45) is 0 Å². The number of hydrogen-bond donors (Lipinski definition) is 0. The second kappa shape index (κ2) is 5.73. The number of nitriles is 1. The van der Waals surface area contributed by atoms with Gasteiger partial charge in [0.2, 0.25) is 0 Å². The van der Waals surface area contributed by atoms with E-state index in [9.17, 15) is 4.79 Å². The molecule has 0 fully saturated rings. The summed E-state index contributed by atoms with van der Waals surface area (Å²) < 4.78 is 0. The molecule has 0 aliphatic carbocycles. The molecule has 0 bridgehead atoms. The van der Waals surface area contributed by atoms with Gasteiger partial charge in [0.15, 0.2) is 5.78 Å². The first-order valence-electron chi connectivity index (χ1n) is 5.90. The minimum atomic E-state index is 0.0131. The predicted octanol–water partition coefficient (Wildman–Crippen LogP) is 4.22.